The Morgan fingerprint density at radius 3 is 2.52 bits per heavy atom. The van der Waals surface area contributed by atoms with Crippen LogP contribution in [0.2, 0.25) is 0 Å². The number of amides is 1. The van der Waals surface area contributed by atoms with E-state index in [2.05, 4.69) is 48.2 Å². The smallest absolute Gasteiger partial charge is 0.261 e. The average Bonchev–Trinajstić information content (AvgIpc) is 2.61. The number of likely N-dealkylation sites (tertiary alicyclic amines) is 1. The zero-order valence-corrected chi connectivity index (χ0v) is 16.7. The van der Waals surface area contributed by atoms with E-state index in [4.69, 9.17) is 0 Å². The fourth-order valence-electron chi connectivity index (χ4n) is 3.99. The molecule has 3 rings (SSSR count). The first kappa shape index (κ1) is 19.4. The van der Waals surface area contributed by atoms with E-state index in [1.165, 1.54) is 5.56 Å². The summed E-state index contributed by atoms with van der Waals surface area (Å²) >= 11 is 0. The molecule has 1 aromatic carbocycles. The lowest BCUT2D eigenvalue weighted by molar-refractivity contribution is 0.0609. The highest BCUT2D eigenvalue weighted by atomic mass is 16.2. The summed E-state index contributed by atoms with van der Waals surface area (Å²) in [7, 11) is 4.10. The highest BCUT2D eigenvalue weighted by molar-refractivity contribution is 5.95. The third kappa shape index (κ3) is 4.30. The molecule has 0 spiro atoms. The Morgan fingerprint density at radius 2 is 1.89 bits per heavy atom. The third-order valence-corrected chi connectivity index (χ3v) is 5.21. The summed E-state index contributed by atoms with van der Waals surface area (Å²) in [5, 5.41) is 0. The van der Waals surface area contributed by atoms with Gasteiger partial charge in [0.2, 0.25) is 0 Å². The topological polar surface area (TPSA) is 56.4 Å². The number of carbonyl (C=O) groups is 1. The van der Waals surface area contributed by atoms with Crippen LogP contribution in [0.25, 0.3) is 0 Å². The predicted molar refractivity (Wildman–Crippen MR) is 108 cm³/mol. The van der Waals surface area contributed by atoms with Crippen molar-refractivity contribution < 1.29 is 4.79 Å². The zero-order valence-electron chi connectivity index (χ0n) is 16.7. The monoisotopic (exact) mass is 367 g/mol. The van der Waals surface area contributed by atoms with Crippen LogP contribution in [0.3, 0.4) is 0 Å². The van der Waals surface area contributed by atoms with Crippen LogP contribution in [0.5, 0.6) is 0 Å². The number of aromatic nitrogens is 1. The summed E-state index contributed by atoms with van der Waals surface area (Å²) in [5.74, 6) is -0.157. The minimum absolute atomic E-state index is 0.0276. The number of nitrogens with one attached hydrogen (secondary N) is 1. The number of H-pyrrole nitrogens is 1. The first-order valence-corrected chi connectivity index (χ1v) is 9.62. The first-order valence-electron chi connectivity index (χ1n) is 9.62. The molecule has 5 nitrogen and oxygen atoms in total. The maximum atomic E-state index is 13.2. The van der Waals surface area contributed by atoms with Gasteiger partial charge in [-0.05, 0) is 70.0 Å². The number of nitrogens with zero attached hydrogens (tertiary/aromatic N) is 2. The molecular formula is C22H29N3O2. The van der Waals surface area contributed by atoms with E-state index in [9.17, 15) is 9.59 Å². The van der Waals surface area contributed by atoms with Gasteiger partial charge in [-0.3, -0.25) is 9.59 Å². The molecule has 2 aromatic rings. The van der Waals surface area contributed by atoms with Crippen LogP contribution in [0.15, 0.2) is 35.1 Å². The van der Waals surface area contributed by atoms with Crippen LogP contribution in [0, 0.1) is 13.8 Å². The van der Waals surface area contributed by atoms with Gasteiger partial charge in [-0.2, -0.15) is 0 Å². The molecule has 0 bridgehead atoms. The number of pyridine rings is 1. The minimum atomic E-state index is -0.289. The fraction of sp³-hybridized carbons (Fsp3) is 0.455. The number of benzene rings is 1. The Bertz CT molecular complexity index is 868. The standard InChI is InChI=1S/C22H29N3O2/c1-15-13-16(2)23-21(26)20(15)22(27)25-12-6-5-7-19(25)18-10-8-17(9-11-18)14-24(3)4/h8-11,13,19H,5-7,12,14H2,1-4H3,(H,23,26)/t19-/m1/s1. The molecule has 1 N–H and O–H groups in total. The van der Waals surface area contributed by atoms with Crippen molar-refractivity contribution >= 4 is 5.91 Å². The molecule has 1 amide bonds. The number of hydrogen-bond donors (Lipinski definition) is 1. The Balaban J connectivity index is 1.90. The maximum Gasteiger partial charge on any atom is 0.261 e. The Morgan fingerprint density at radius 1 is 1.19 bits per heavy atom. The second-order valence-corrected chi connectivity index (χ2v) is 7.83. The van der Waals surface area contributed by atoms with Crippen molar-refractivity contribution in [2.75, 3.05) is 20.6 Å². The van der Waals surface area contributed by atoms with Crippen molar-refractivity contribution in [3.8, 4) is 0 Å². The lowest BCUT2D eigenvalue weighted by atomic mass is 9.93. The minimum Gasteiger partial charge on any atom is -0.331 e. The second-order valence-electron chi connectivity index (χ2n) is 7.83. The molecule has 27 heavy (non-hydrogen) atoms. The molecule has 0 saturated carbocycles. The van der Waals surface area contributed by atoms with Gasteiger partial charge in [0.15, 0.2) is 0 Å². The van der Waals surface area contributed by atoms with Crippen LogP contribution in [-0.4, -0.2) is 41.3 Å². The number of hydrogen-bond acceptors (Lipinski definition) is 3. The Labute approximate surface area is 161 Å². The molecule has 2 heterocycles. The summed E-state index contributed by atoms with van der Waals surface area (Å²) in [6.07, 6.45) is 3.00. The number of carbonyl (C=O) groups excluding carboxylic acids is 1. The summed E-state index contributed by atoms with van der Waals surface area (Å²) in [6.45, 7) is 5.26. The molecule has 1 saturated heterocycles. The van der Waals surface area contributed by atoms with Gasteiger partial charge in [-0.15, -0.1) is 0 Å². The largest absolute Gasteiger partial charge is 0.331 e. The van der Waals surface area contributed by atoms with Crippen molar-refractivity contribution in [3.05, 3.63) is 68.6 Å². The van der Waals surface area contributed by atoms with Crippen LogP contribution < -0.4 is 5.56 Å². The molecule has 1 fully saturated rings. The zero-order chi connectivity index (χ0) is 19.6. The number of rotatable bonds is 4. The van der Waals surface area contributed by atoms with Gasteiger partial charge in [-0.1, -0.05) is 24.3 Å². The number of aryl methyl sites for hydroxylation is 2. The van der Waals surface area contributed by atoms with Gasteiger partial charge in [0.1, 0.15) is 5.56 Å². The molecule has 5 heteroatoms. The van der Waals surface area contributed by atoms with Crippen molar-refractivity contribution in [2.24, 2.45) is 0 Å². The van der Waals surface area contributed by atoms with Crippen LogP contribution in [0.4, 0.5) is 0 Å². The molecule has 1 aliphatic heterocycles. The number of piperidine rings is 1. The highest BCUT2D eigenvalue weighted by Crippen LogP contribution is 2.32. The quantitative estimate of drug-likeness (QED) is 0.901. The fourth-order valence-corrected chi connectivity index (χ4v) is 3.99. The lowest BCUT2D eigenvalue weighted by Gasteiger charge is -2.36. The van der Waals surface area contributed by atoms with Gasteiger partial charge in [0.25, 0.3) is 11.5 Å². The highest BCUT2D eigenvalue weighted by Gasteiger charge is 2.30. The lowest BCUT2D eigenvalue weighted by Crippen LogP contribution is -2.41. The van der Waals surface area contributed by atoms with Gasteiger partial charge < -0.3 is 14.8 Å². The van der Waals surface area contributed by atoms with Crippen LogP contribution in [-0.2, 0) is 6.54 Å². The maximum absolute atomic E-state index is 13.2. The molecule has 0 aliphatic carbocycles. The van der Waals surface area contributed by atoms with Crippen LogP contribution in [0.1, 0.15) is 58.0 Å². The Kier molecular flexibility index (Phi) is 5.80. The summed E-state index contributed by atoms with van der Waals surface area (Å²) in [6, 6.07) is 10.4. The van der Waals surface area contributed by atoms with E-state index in [-0.39, 0.29) is 23.1 Å². The van der Waals surface area contributed by atoms with E-state index in [0.717, 1.165) is 42.6 Å². The van der Waals surface area contributed by atoms with E-state index >= 15 is 0 Å². The van der Waals surface area contributed by atoms with E-state index in [1.54, 1.807) is 0 Å². The second kappa shape index (κ2) is 8.09. The van der Waals surface area contributed by atoms with Gasteiger partial charge >= 0.3 is 0 Å². The van der Waals surface area contributed by atoms with Crippen molar-refractivity contribution in [1.82, 2.24) is 14.8 Å². The molecule has 1 aliphatic rings. The summed E-state index contributed by atoms with van der Waals surface area (Å²) in [5.41, 5.74) is 3.91. The van der Waals surface area contributed by atoms with Gasteiger partial charge in [-0.25, -0.2) is 0 Å². The molecular weight excluding hydrogens is 338 g/mol. The third-order valence-electron chi connectivity index (χ3n) is 5.21. The Hall–Kier alpha value is -2.40. The van der Waals surface area contributed by atoms with Crippen molar-refractivity contribution in [1.29, 1.82) is 0 Å². The predicted octanol–water partition coefficient (Wildman–Crippen LogP) is 3.42. The van der Waals surface area contributed by atoms with Crippen molar-refractivity contribution in [2.45, 2.75) is 45.7 Å². The first-order chi connectivity index (χ1) is 12.9. The SMILES string of the molecule is Cc1cc(C)c(C(=O)N2CCCC[C@@H]2c2ccc(CN(C)C)cc2)c(=O)[nH]1. The van der Waals surface area contributed by atoms with E-state index < -0.39 is 0 Å². The van der Waals surface area contributed by atoms with E-state index in [0.29, 0.717) is 6.54 Å². The molecule has 144 valence electrons. The molecule has 0 unspecified atom stereocenters. The van der Waals surface area contributed by atoms with Gasteiger partial charge in [0.05, 0.1) is 6.04 Å². The average molecular weight is 367 g/mol. The normalized spacial score (nSPS) is 17.4. The summed E-state index contributed by atoms with van der Waals surface area (Å²) < 4.78 is 0. The molecule has 1 aromatic heterocycles. The van der Waals surface area contributed by atoms with Gasteiger partial charge in [0, 0.05) is 18.8 Å². The van der Waals surface area contributed by atoms with E-state index in [1.807, 2.05) is 24.8 Å². The molecule has 0 radical (unpaired) electrons. The van der Waals surface area contributed by atoms with Crippen molar-refractivity contribution in [3.63, 3.8) is 0 Å². The summed E-state index contributed by atoms with van der Waals surface area (Å²) in [4.78, 5) is 32.5. The molecule has 1 atom stereocenters. The van der Waals surface area contributed by atoms with Crippen LogP contribution >= 0.6 is 0 Å². The number of aromatic amines is 1.